The number of barbiturate groups is 1. The van der Waals surface area contributed by atoms with Gasteiger partial charge in [0.05, 0.1) is 6.04 Å². The van der Waals surface area contributed by atoms with E-state index < -0.39 is 29.8 Å². The van der Waals surface area contributed by atoms with Crippen LogP contribution in [-0.2, 0) is 9.59 Å². The summed E-state index contributed by atoms with van der Waals surface area (Å²) in [4.78, 5) is 35.5. The Morgan fingerprint density at radius 3 is 2.60 bits per heavy atom. The second kappa shape index (κ2) is 4.25. The lowest BCUT2D eigenvalue weighted by atomic mass is 10.0. The highest BCUT2D eigenvalue weighted by molar-refractivity contribution is 6.16. The highest BCUT2D eigenvalue weighted by atomic mass is 16.2. The molecule has 0 aliphatic carbocycles. The van der Waals surface area contributed by atoms with E-state index in [2.05, 4.69) is 11.9 Å². The molecule has 1 heterocycles. The van der Waals surface area contributed by atoms with Gasteiger partial charge in [-0.25, -0.2) is 4.79 Å². The van der Waals surface area contributed by atoms with Gasteiger partial charge in [0.15, 0.2) is 0 Å². The molecule has 0 spiro atoms. The van der Waals surface area contributed by atoms with Crippen LogP contribution in [0.25, 0.3) is 0 Å². The molecule has 1 saturated heterocycles. The topological polar surface area (TPSA) is 66.5 Å². The van der Waals surface area contributed by atoms with Gasteiger partial charge in [0.2, 0.25) is 11.8 Å². The Hall–Kier alpha value is -1.65. The van der Waals surface area contributed by atoms with Crippen LogP contribution in [-0.4, -0.2) is 28.8 Å². The summed E-state index contributed by atoms with van der Waals surface area (Å²) in [6, 6.07) is -1.07. The summed E-state index contributed by atoms with van der Waals surface area (Å²) < 4.78 is 0. The van der Waals surface area contributed by atoms with Gasteiger partial charge < -0.3 is 0 Å². The molecule has 15 heavy (non-hydrogen) atoms. The van der Waals surface area contributed by atoms with E-state index in [1.807, 2.05) is 0 Å². The third kappa shape index (κ3) is 1.91. The van der Waals surface area contributed by atoms with E-state index in [4.69, 9.17) is 0 Å². The first kappa shape index (κ1) is 11.4. The van der Waals surface area contributed by atoms with Crippen LogP contribution < -0.4 is 5.32 Å². The minimum atomic E-state index is -0.759. The van der Waals surface area contributed by atoms with Crippen LogP contribution in [0.1, 0.15) is 20.3 Å². The zero-order valence-electron chi connectivity index (χ0n) is 8.82. The fourth-order valence-electron chi connectivity index (χ4n) is 1.48. The maximum Gasteiger partial charge on any atom is 0.331 e. The predicted molar refractivity (Wildman–Crippen MR) is 53.8 cm³/mol. The Labute approximate surface area is 88.1 Å². The molecule has 0 saturated carbocycles. The molecule has 82 valence electrons. The van der Waals surface area contributed by atoms with E-state index in [0.29, 0.717) is 6.42 Å². The Morgan fingerprint density at radius 1 is 1.53 bits per heavy atom. The number of carbonyl (C=O) groups is 3. The number of amides is 4. The molecule has 0 aromatic rings. The maximum absolute atomic E-state index is 11.8. The van der Waals surface area contributed by atoms with Crippen molar-refractivity contribution in [3.05, 3.63) is 12.7 Å². The van der Waals surface area contributed by atoms with Gasteiger partial charge in [-0.2, -0.15) is 0 Å². The van der Waals surface area contributed by atoms with Gasteiger partial charge in [-0.3, -0.25) is 19.8 Å². The molecule has 2 atom stereocenters. The van der Waals surface area contributed by atoms with Crippen molar-refractivity contribution in [1.29, 1.82) is 0 Å². The molecule has 0 bridgehead atoms. The van der Waals surface area contributed by atoms with Crippen LogP contribution in [0, 0.1) is 5.92 Å². The van der Waals surface area contributed by atoms with Crippen molar-refractivity contribution in [3.8, 4) is 0 Å². The van der Waals surface area contributed by atoms with Gasteiger partial charge in [-0.15, -0.1) is 6.58 Å². The van der Waals surface area contributed by atoms with Gasteiger partial charge in [0, 0.05) is 0 Å². The molecule has 5 heteroatoms. The van der Waals surface area contributed by atoms with Crippen LogP contribution in [0.4, 0.5) is 4.79 Å². The third-order valence-electron chi connectivity index (χ3n) is 2.46. The Balaban J connectivity index is 2.97. The normalized spacial score (nSPS) is 23.7. The van der Waals surface area contributed by atoms with Crippen LogP contribution in [0.2, 0.25) is 0 Å². The SMILES string of the molecule is C=CC(C)N1C(=O)NC(=O)C(CC)C1=O. The summed E-state index contributed by atoms with van der Waals surface area (Å²) in [5.41, 5.74) is 0. The number of rotatable bonds is 3. The molecule has 1 aliphatic heterocycles. The van der Waals surface area contributed by atoms with Crippen molar-refractivity contribution in [2.45, 2.75) is 26.3 Å². The lowest BCUT2D eigenvalue weighted by Crippen LogP contribution is -2.59. The number of nitrogens with one attached hydrogen (secondary N) is 1. The summed E-state index contributed by atoms with van der Waals surface area (Å²) in [6.07, 6.45) is 1.87. The van der Waals surface area contributed by atoms with Gasteiger partial charge in [-0.05, 0) is 13.3 Å². The lowest BCUT2D eigenvalue weighted by molar-refractivity contribution is -0.143. The number of nitrogens with zero attached hydrogens (tertiary/aromatic N) is 1. The molecule has 4 amide bonds. The second-order valence-corrected chi connectivity index (χ2v) is 3.44. The summed E-state index contributed by atoms with van der Waals surface area (Å²) in [6.45, 7) is 6.92. The Kier molecular flexibility index (Phi) is 3.24. The average Bonchev–Trinajstić information content (AvgIpc) is 2.17. The number of hydrogen-bond donors (Lipinski definition) is 1. The summed E-state index contributed by atoms with van der Waals surface area (Å²) in [7, 11) is 0. The largest absolute Gasteiger partial charge is 0.331 e. The van der Waals surface area contributed by atoms with Crippen molar-refractivity contribution in [2.75, 3.05) is 0 Å². The van der Waals surface area contributed by atoms with E-state index in [0.717, 1.165) is 4.90 Å². The molecule has 1 rings (SSSR count). The van der Waals surface area contributed by atoms with Crippen molar-refractivity contribution in [3.63, 3.8) is 0 Å². The smallest absolute Gasteiger partial charge is 0.277 e. The molecule has 0 radical (unpaired) electrons. The van der Waals surface area contributed by atoms with Gasteiger partial charge >= 0.3 is 6.03 Å². The van der Waals surface area contributed by atoms with E-state index in [9.17, 15) is 14.4 Å². The highest BCUT2D eigenvalue weighted by Gasteiger charge is 2.40. The molecule has 5 nitrogen and oxygen atoms in total. The lowest BCUT2D eigenvalue weighted by Gasteiger charge is -2.32. The Bertz CT molecular complexity index is 325. The van der Waals surface area contributed by atoms with E-state index in [1.165, 1.54) is 6.08 Å². The third-order valence-corrected chi connectivity index (χ3v) is 2.46. The van der Waals surface area contributed by atoms with Crippen molar-refractivity contribution < 1.29 is 14.4 Å². The van der Waals surface area contributed by atoms with Crippen molar-refractivity contribution >= 4 is 17.8 Å². The zero-order chi connectivity index (χ0) is 11.6. The summed E-state index contributed by atoms with van der Waals surface area (Å²) in [5.74, 6) is -1.72. The highest BCUT2D eigenvalue weighted by Crippen LogP contribution is 2.16. The Morgan fingerprint density at radius 2 is 2.13 bits per heavy atom. The zero-order valence-corrected chi connectivity index (χ0v) is 8.82. The average molecular weight is 210 g/mol. The minimum Gasteiger partial charge on any atom is -0.277 e. The van der Waals surface area contributed by atoms with E-state index >= 15 is 0 Å². The summed E-state index contributed by atoms with van der Waals surface area (Å²) in [5, 5.41) is 2.16. The predicted octanol–water partition coefficient (Wildman–Crippen LogP) is 0.665. The van der Waals surface area contributed by atoms with E-state index in [1.54, 1.807) is 13.8 Å². The molecule has 1 fully saturated rings. The number of urea groups is 1. The maximum atomic E-state index is 11.8. The van der Waals surface area contributed by atoms with Crippen LogP contribution in [0.15, 0.2) is 12.7 Å². The van der Waals surface area contributed by atoms with Crippen LogP contribution in [0.5, 0.6) is 0 Å². The van der Waals surface area contributed by atoms with E-state index in [-0.39, 0.29) is 0 Å². The first-order valence-electron chi connectivity index (χ1n) is 4.83. The van der Waals surface area contributed by atoms with Crippen LogP contribution >= 0.6 is 0 Å². The molecule has 0 aromatic carbocycles. The van der Waals surface area contributed by atoms with Gasteiger partial charge in [-0.1, -0.05) is 13.0 Å². The van der Waals surface area contributed by atoms with Gasteiger partial charge in [0.1, 0.15) is 5.92 Å². The standard InChI is InChI=1S/C10H14N2O3/c1-4-6(3)12-9(14)7(5-2)8(13)11-10(12)15/h4,6-7H,1,5H2,2-3H3,(H,11,13,15). The monoisotopic (exact) mass is 210 g/mol. The fourth-order valence-corrected chi connectivity index (χ4v) is 1.48. The molecule has 0 aromatic heterocycles. The summed E-state index contributed by atoms with van der Waals surface area (Å²) >= 11 is 0. The second-order valence-electron chi connectivity index (χ2n) is 3.44. The van der Waals surface area contributed by atoms with Crippen molar-refractivity contribution in [1.82, 2.24) is 10.2 Å². The fraction of sp³-hybridized carbons (Fsp3) is 0.500. The molecule has 2 unspecified atom stereocenters. The molecule has 1 N–H and O–H groups in total. The molecular formula is C10H14N2O3. The number of carbonyl (C=O) groups excluding carboxylic acids is 3. The quantitative estimate of drug-likeness (QED) is 0.549. The molecular weight excluding hydrogens is 196 g/mol. The minimum absolute atomic E-state index is 0.387. The number of hydrogen-bond acceptors (Lipinski definition) is 3. The van der Waals surface area contributed by atoms with Crippen LogP contribution in [0.3, 0.4) is 0 Å². The van der Waals surface area contributed by atoms with Crippen molar-refractivity contribution in [2.24, 2.45) is 5.92 Å². The number of imide groups is 2. The molecule has 1 aliphatic rings. The first-order chi connectivity index (χ1) is 7.02. The van der Waals surface area contributed by atoms with Gasteiger partial charge in [0.25, 0.3) is 0 Å². The first-order valence-corrected chi connectivity index (χ1v) is 4.83.